The number of hydrogen-bond donors (Lipinski definition) is 0. The van der Waals surface area contributed by atoms with Crippen molar-refractivity contribution in [1.82, 2.24) is 0 Å². The number of rotatable bonds is 7. The summed E-state index contributed by atoms with van der Waals surface area (Å²) in [4.78, 5) is 0. The van der Waals surface area contributed by atoms with Crippen LogP contribution in [0.1, 0.15) is 27.7 Å². The minimum atomic E-state index is -2.54. The van der Waals surface area contributed by atoms with Crippen LogP contribution >= 0.6 is 0 Å². The second-order valence-corrected chi connectivity index (χ2v) is 12.6. The van der Waals surface area contributed by atoms with E-state index in [4.69, 9.17) is 0 Å². The van der Waals surface area contributed by atoms with E-state index in [0.717, 1.165) is 0 Å². The molecule has 0 aromatic heterocycles. The Hall–Kier alpha value is 0.294. The molecule has 0 aliphatic carbocycles. The molecule has 0 heterocycles. The third-order valence-corrected chi connectivity index (χ3v) is 11.4. The SMILES string of the molecule is CC[Si](F)(CC)CC[Si](F)(CC)CC. The van der Waals surface area contributed by atoms with Crippen LogP contribution in [0.2, 0.25) is 36.3 Å². The van der Waals surface area contributed by atoms with Gasteiger partial charge in [-0.3, -0.25) is 0 Å². The first-order valence-corrected chi connectivity index (χ1v) is 10.8. The van der Waals surface area contributed by atoms with Gasteiger partial charge in [0.1, 0.15) is 0 Å². The zero-order valence-corrected chi connectivity index (χ0v) is 12.0. The fourth-order valence-corrected chi connectivity index (χ4v) is 7.65. The molecule has 0 amide bonds. The average molecular weight is 238 g/mol. The van der Waals surface area contributed by atoms with Crippen LogP contribution in [0.3, 0.4) is 0 Å². The Bertz CT molecular complexity index is 136. The minimum absolute atomic E-state index is 0.560. The van der Waals surface area contributed by atoms with Crippen molar-refractivity contribution >= 4 is 16.8 Å². The Balaban J connectivity index is 4.14. The molecular weight excluding hydrogens is 214 g/mol. The molecule has 0 aromatic rings. The first-order valence-electron chi connectivity index (χ1n) is 5.83. The van der Waals surface area contributed by atoms with Crippen LogP contribution in [0.4, 0.5) is 8.22 Å². The van der Waals surface area contributed by atoms with E-state index in [1.807, 2.05) is 27.7 Å². The summed E-state index contributed by atoms with van der Waals surface area (Å²) in [7, 11) is -5.09. The summed E-state index contributed by atoms with van der Waals surface area (Å²) in [6.45, 7) is 7.65. The predicted molar refractivity (Wildman–Crippen MR) is 65.3 cm³/mol. The quantitative estimate of drug-likeness (QED) is 0.437. The van der Waals surface area contributed by atoms with E-state index in [-0.39, 0.29) is 0 Å². The smallest absolute Gasteiger partial charge is 0.246 e. The highest BCUT2D eigenvalue weighted by atomic mass is 28.4. The molecule has 0 rings (SSSR count). The maximum Gasteiger partial charge on any atom is 0.246 e. The minimum Gasteiger partial charge on any atom is -0.314 e. The highest BCUT2D eigenvalue weighted by molar-refractivity contribution is 6.78. The lowest BCUT2D eigenvalue weighted by molar-refractivity contribution is 0.721. The summed E-state index contributed by atoms with van der Waals surface area (Å²) in [5, 5.41) is 0. The Morgan fingerprint density at radius 2 is 0.857 bits per heavy atom. The number of hydrogen-bond acceptors (Lipinski definition) is 0. The molecule has 0 aromatic carbocycles. The number of halogens is 2. The van der Waals surface area contributed by atoms with Gasteiger partial charge in [-0.1, -0.05) is 27.7 Å². The topological polar surface area (TPSA) is 0 Å². The van der Waals surface area contributed by atoms with Crippen LogP contribution in [0.5, 0.6) is 0 Å². The van der Waals surface area contributed by atoms with Gasteiger partial charge < -0.3 is 8.22 Å². The summed E-state index contributed by atoms with van der Waals surface area (Å²) >= 11 is 0. The molecule has 0 aliphatic heterocycles. The van der Waals surface area contributed by atoms with Crippen molar-refractivity contribution in [3.8, 4) is 0 Å². The van der Waals surface area contributed by atoms with Gasteiger partial charge in [-0.05, 0) is 36.3 Å². The monoisotopic (exact) mass is 238 g/mol. The maximum absolute atomic E-state index is 14.0. The van der Waals surface area contributed by atoms with Gasteiger partial charge in [0.25, 0.3) is 0 Å². The molecule has 0 N–H and O–H groups in total. The van der Waals surface area contributed by atoms with E-state index < -0.39 is 16.8 Å². The maximum atomic E-state index is 14.0. The van der Waals surface area contributed by atoms with Crippen molar-refractivity contribution in [3.63, 3.8) is 0 Å². The summed E-state index contributed by atoms with van der Waals surface area (Å²) in [5.41, 5.74) is 0. The van der Waals surface area contributed by atoms with Gasteiger partial charge in [0.15, 0.2) is 0 Å². The van der Waals surface area contributed by atoms with Gasteiger partial charge in [-0.15, -0.1) is 0 Å². The van der Waals surface area contributed by atoms with E-state index in [0.29, 0.717) is 36.3 Å². The highest BCUT2D eigenvalue weighted by Gasteiger charge is 2.36. The zero-order chi connectivity index (χ0) is 11.2. The van der Waals surface area contributed by atoms with Crippen LogP contribution in [0, 0.1) is 0 Å². The Kier molecular flexibility index (Phi) is 6.13. The van der Waals surface area contributed by atoms with E-state index >= 15 is 0 Å². The molecule has 4 heteroatoms. The summed E-state index contributed by atoms with van der Waals surface area (Å²) < 4.78 is 28.1. The lowest BCUT2D eigenvalue weighted by Crippen LogP contribution is -2.33. The fraction of sp³-hybridized carbons (Fsp3) is 1.00. The average Bonchev–Trinajstić information content (AvgIpc) is 2.25. The van der Waals surface area contributed by atoms with Crippen molar-refractivity contribution in [1.29, 1.82) is 0 Å². The van der Waals surface area contributed by atoms with Gasteiger partial charge in [0.2, 0.25) is 16.8 Å². The third-order valence-electron chi connectivity index (χ3n) is 3.56. The standard InChI is InChI=1S/C10H24F2Si2/c1-5-13(11,6-2)9-10-14(12,7-3)8-4/h5-10H2,1-4H3. The van der Waals surface area contributed by atoms with Gasteiger partial charge in [0.05, 0.1) is 0 Å². The molecule has 0 bridgehead atoms. The first-order chi connectivity index (χ1) is 6.45. The van der Waals surface area contributed by atoms with E-state index in [2.05, 4.69) is 0 Å². The summed E-state index contributed by atoms with van der Waals surface area (Å²) in [6.07, 6.45) is 0. The van der Waals surface area contributed by atoms with Crippen LogP contribution in [0.25, 0.3) is 0 Å². The molecule has 0 radical (unpaired) electrons. The Morgan fingerprint density at radius 1 is 0.643 bits per heavy atom. The van der Waals surface area contributed by atoms with Crippen molar-refractivity contribution < 1.29 is 8.22 Å². The largest absolute Gasteiger partial charge is 0.314 e. The van der Waals surface area contributed by atoms with Gasteiger partial charge in [-0.25, -0.2) is 0 Å². The molecule has 0 spiro atoms. The molecule has 0 unspecified atom stereocenters. The molecule has 0 nitrogen and oxygen atoms in total. The first kappa shape index (κ1) is 14.3. The predicted octanol–water partition coefficient (Wildman–Crippen LogP) is 4.90. The molecule has 14 heavy (non-hydrogen) atoms. The van der Waals surface area contributed by atoms with Gasteiger partial charge >= 0.3 is 0 Å². The van der Waals surface area contributed by atoms with Crippen molar-refractivity contribution in [2.45, 2.75) is 64.0 Å². The van der Waals surface area contributed by atoms with Crippen LogP contribution in [-0.2, 0) is 0 Å². The molecule has 0 saturated heterocycles. The summed E-state index contributed by atoms with van der Waals surface area (Å²) in [5.74, 6) is 0. The third kappa shape index (κ3) is 4.21. The lowest BCUT2D eigenvalue weighted by atomic mass is 10.9. The molecule has 0 saturated carbocycles. The van der Waals surface area contributed by atoms with Crippen LogP contribution in [0.15, 0.2) is 0 Å². The van der Waals surface area contributed by atoms with Crippen molar-refractivity contribution in [3.05, 3.63) is 0 Å². The van der Waals surface area contributed by atoms with Crippen molar-refractivity contribution in [2.75, 3.05) is 0 Å². The van der Waals surface area contributed by atoms with E-state index in [1.54, 1.807) is 0 Å². The van der Waals surface area contributed by atoms with Crippen molar-refractivity contribution in [2.24, 2.45) is 0 Å². The molecule has 86 valence electrons. The molecule has 0 aliphatic rings. The van der Waals surface area contributed by atoms with Gasteiger partial charge in [0, 0.05) is 0 Å². The second-order valence-electron chi connectivity index (χ2n) is 4.22. The lowest BCUT2D eigenvalue weighted by Gasteiger charge is -2.24. The van der Waals surface area contributed by atoms with Crippen LogP contribution in [-0.4, -0.2) is 16.8 Å². The highest BCUT2D eigenvalue weighted by Crippen LogP contribution is 2.31. The van der Waals surface area contributed by atoms with Crippen LogP contribution < -0.4 is 0 Å². The summed E-state index contributed by atoms with van der Waals surface area (Å²) in [6, 6.07) is 3.74. The molecule has 0 fully saturated rings. The Morgan fingerprint density at radius 3 is 1.00 bits per heavy atom. The van der Waals surface area contributed by atoms with E-state index in [9.17, 15) is 8.22 Å². The molecular formula is C10H24F2Si2. The second kappa shape index (κ2) is 6.00. The molecule has 0 atom stereocenters. The van der Waals surface area contributed by atoms with Gasteiger partial charge in [-0.2, -0.15) is 0 Å². The van der Waals surface area contributed by atoms with E-state index in [1.165, 1.54) is 0 Å². The Labute approximate surface area is 89.5 Å². The normalized spacial score (nSPS) is 13.3. The zero-order valence-electron chi connectivity index (χ0n) is 10.00. The fourth-order valence-electron chi connectivity index (χ4n) is 1.66.